The molecule has 0 aliphatic heterocycles. The van der Waals surface area contributed by atoms with Crippen LogP contribution in [0.15, 0.2) is 35.0 Å². The van der Waals surface area contributed by atoms with E-state index >= 15 is 0 Å². The summed E-state index contributed by atoms with van der Waals surface area (Å²) in [6.07, 6.45) is 0. The largest absolute Gasteiger partial charge is 1.00 e. The zero-order valence-corrected chi connectivity index (χ0v) is 20.2. The molecule has 0 saturated heterocycles. The summed E-state index contributed by atoms with van der Waals surface area (Å²) in [4.78, 5) is 11.1. The van der Waals surface area contributed by atoms with Crippen molar-refractivity contribution < 1.29 is 35.9 Å². The second-order valence-electron chi connectivity index (χ2n) is 7.33. The Hall–Kier alpha value is -1.95. The van der Waals surface area contributed by atoms with E-state index in [2.05, 4.69) is 69.4 Å². The van der Waals surface area contributed by atoms with Crippen molar-refractivity contribution in [3.8, 4) is 0 Å². The molecule has 0 bridgehead atoms. The second-order valence-corrected chi connectivity index (χ2v) is 8.30. The van der Waals surface area contributed by atoms with Crippen LogP contribution in [0.4, 0.5) is 11.4 Å². The van der Waals surface area contributed by atoms with Gasteiger partial charge in [-0.05, 0) is 10.5 Å². The second kappa shape index (κ2) is 9.90. The molecule has 0 atom stereocenters. The van der Waals surface area contributed by atoms with E-state index in [4.69, 9.17) is 11.6 Å². The van der Waals surface area contributed by atoms with Crippen molar-refractivity contribution in [1.29, 1.82) is 0 Å². The smallest absolute Gasteiger partial charge is 0.315 e. The van der Waals surface area contributed by atoms with Gasteiger partial charge in [0.1, 0.15) is 11.6 Å². The van der Waals surface area contributed by atoms with Crippen molar-refractivity contribution in [1.82, 2.24) is 5.16 Å². The first-order valence-electron chi connectivity index (χ1n) is 8.78. The third-order valence-electron chi connectivity index (χ3n) is 4.60. The maximum atomic E-state index is 11.7. The quantitative estimate of drug-likeness (QED) is 0.141. The van der Waals surface area contributed by atoms with Gasteiger partial charge >= 0.3 is 5.69 Å². The number of likely N-dealkylation sites (N-methyl/N-ethyl adjacent to an activating group) is 1. The summed E-state index contributed by atoms with van der Waals surface area (Å²) >= 11 is 9.46. The first-order valence-corrected chi connectivity index (χ1v) is 10.3. The highest BCUT2D eigenvalue weighted by molar-refractivity contribution is 9.08. The van der Waals surface area contributed by atoms with Crippen molar-refractivity contribution in [2.45, 2.75) is 11.9 Å². The highest BCUT2D eigenvalue weighted by atomic mass is 79.9. The zero-order chi connectivity index (χ0) is 21.2. The Morgan fingerprint density at radius 2 is 1.93 bits per heavy atom. The number of aromatic nitrogens is 2. The van der Waals surface area contributed by atoms with Gasteiger partial charge in [-0.2, -0.15) is 0 Å². The Morgan fingerprint density at radius 3 is 2.53 bits per heavy atom. The number of rotatable bonds is 8. The Kier molecular flexibility index (Phi) is 8.03. The molecule has 0 amide bonds. The number of benzene rings is 2. The molecular formula is C18H20Br2ClN5O4. The number of hydrogen-bond donors (Lipinski definition) is 1. The number of nitrogens with zero attached hydrogens (tertiary/aromatic N) is 4. The minimum absolute atomic E-state index is 0. The summed E-state index contributed by atoms with van der Waals surface area (Å²) in [6, 6.07) is 9.53. The highest BCUT2D eigenvalue weighted by Gasteiger charge is 2.29. The van der Waals surface area contributed by atoms with Gasteiger partial charge in [-0.15, -0.1) is 0 Å². The summed E-state index contributed by atoms with van der Waals surface area (Å²) in [7, 11) is 4.15. The molecule has 12 heteroatoms. The third kappa shape index (κ3) is 5.39. The first-order chi connectivity index (χ1) is 13.7. The fourth-order valence-electron chi connectivity index (χ4n) is 3.11. The van der Waals surface area contributed by atoms with E-state index in [1.165, 1.54) is 17.2 Å². The minimum atomic E-state index is -0.598. The lowest BCUT2D eigenvalue weighted by atomic mass is 10.1. The molecule has 0 radical (unpaired) electrons. The number of nitro groups is 1. The number of hydrogen-bond acceptors (Lipinski definition) is 6. The molecule has 0 fully saturated rings. The fraction of sp³-hybridized carbons (Fsp3) is 0.333. The molecule has 2 aromatic carbocycles. The number of halogens is 3. The predicted molar refractivity (Wildman–Crippen MR) is 113 cm³/mol. The normalized spacial score (nSPS) is 11.3. The number of nitro benzene ring substituents is 1. The van der Waals surface area contributed by atoms with Crippen LogP contribution in [0, 0.1) is 15.3 Å². The van der Waals surface area contributed by atoms with Gasteiger partial charge in [-0.25, -0.2) is 0 Å². The summed E-state index contributed by atoms with van der Waals surface area (Å²) in [5.74, 6) is 0. The molecule has 3 aromatic rings. The third-order valence-corrected chi connectivity index (χ3v) is 5.53. The van der Waals surface area contributed by atoms with Crippen LogP contribution in [0.1, 0.15) is 11.1 Å². The van der Waals surface area contributed by atoms with E-state index in [-0.39, 0.29) is 49.3 Å². The number of nitrogens with one attached hydrogen (secondary N) is 1. The molecule has 0 spiro atoms. The molecule has 9 nitrogen and oxygen atoms in total. The fourth-order valence-corrected chi connectivity index (χ4v) is 3.75. The van der Waals surface area contributed by atoms with Gasteiger partial charge in [0.25, 0.3) is 5.52 Å². The van der Waals surface area contributed by atoms with E-state index in [0.717, 1.165) is 11.9 Å². The van der Waals surface area contributed by atoms with Gasteiger partial charge in [0.2, 0.25) is 5.52 Å². The molecule has 3 rings (SSSR count). The summed E-state index contributed by atoms with van der Waals surface area (Å²) in [5.41, 5.74) is 2.26. The van der Waals surface area contributed by atoms with Crippen molar-refractivity contribution >= 4 is 49.9 Å². The predicted octanol–water partition coefficient (Wildman–Crippen LogP) is 0.610. The number of quaternary nitrogens is 1. The standard InChI is InChI=1S/C18H20BrClN5O4.BrH/c1-25(2,11-13-5-3-12(10-19)4-6-13)8-7-21-17-16-15(24(28)29-22-16)9-14(20)18(17)23(26)27;/h3-6,9,21H,7-8,10-11H2,1-2H3;1H/q+1;/p-1. The molecular weight excluding hydrogens is 545 g/mol. The van der Waals surface area contributed by atoms with E-state index in [9.17, 15) is 15.3 Å². The average Bonchev–Trinajstić information content (AvgIpc) is 3.02. The van der Waals surface area contributed by atoms with Crippen molar-refractivity contribution in [2.24, 2.45) is 0 Å². The van der Waals surface area contributed by atoms with Crippen LogP contribution in [0.25, 0.3) is 11.0 Å². The van der Waals surface area contributed by atoms with Crippen LogP contribution in [-0.4, -0.2) is 41.7 Å². The minimum Gasteiger partial charge on any atom is -1.00 e. The Morgan fingerprint density at radius 1 is 1.30 bits per heavy atom. The van der Waals surface area contributed by atoms with Crippen LogP contribution in [-0.2, 0) is 11.9 Å². The molecule has 162 valence electrons. The van der Waals surface area contributed by atoms with Gasteiger partial charge in [0.15, 0.2) is 5.69 Å². The molecule has 1 N–H and O–H groups in total. The number of alkyl halides is 1. The lowest BCUT2D eigenvalue weighted by molar-refractivity contribution is -0.902. The molecule has 30 heavy (non-hydrogen) atoms. The Labute approximate surface area is 196 Å². The molecule has 1 aromatic heterocycles. The average molecular weight is 566 g/mol. The molecule has 0 aliphatic carbocycles. The highest BCUT2D eigenvalue weighted by Crippen LogP contribution is 2.37. The van der Waals surface area contributed by atoms with Gasteiger partial charge < -0.3 is 32.0 Å². The molecule has 1 heterocycles. The number of fused-ring (bicyclic) bond motifs is 1. The lowest BCUT2D eigenvalue weighted by Gasteiger charge is -2.30. The Balaban J connectivity index is 0.00000320. The van der Waals surface area contributed by atoms with Crippen molar-refractivity contribution in [3.05, 3.63) is 61.8 Å². The molecule has 0 unspecified atom stereocenters. The van der Waals surface area contributed by atoms with Crippen LogP contribution in [0.3, 0.4) is 0 Å². The van der Waals surface area contributed by atoms with Gasteiger partial charge in [-0.1, -0.05) is 51.8 Å². The summed E-state index contributed by atoms with van der Waals surface area (Å²) in [5, 5.41) is 30.5. The maximum absolute atomic E-state index is 11.7. The zero-order valence-electron chi connectivity index (χ0n) is 16.3. The van der Waals surface area contributed by atoms with E-state index in [0.29, 0.717) is 17.6 Å². The first kappa shape index (κ1) is 24.3. The van der Waals surface area contributed by atoms with Crippen molar-refractivity contribution in [2.75, 3.05) is 32.5 Å². The molecule has 0 saturated carbocycles. The van der Waals surface area contributed by atoms with Gasteiger partial charge in [-0.3, -0.25) is 14.7 Å². The van der Waals surface area contributed by atoms with Gasteiger partial charge in [0.05, 0.1) is 32.1 Å². The number of anilines is 1. The van der Waals surface area contributed by atoms with E-state index in [1.54, 1.807) is 0 Å². The molecule has 0 aliphatic rings. The van der Waals surface area contributed by atoms with Crippen LogP contribution in [0.2, 0.25) is 5.02 Å². The SMILES string of the molecule is C[N+](C)(CCNc1c([N+](=O)[O-])c(Cl)cc2c1no[n+]2[O-])Cc1ccc(CBr)cc1.[Br-]. The topological polar surface area (TPSA) is 108 Å². The summed E-state index contributed by atoms with van der Waals surface area (Å²) < 4.78 is 5.22. The maximum Gasteiger partial charge on any atom is 0.315 e. The monoisotopic (exact) mass is 563 g/mol. The van der Waals surface area contributed by atoms with Crippen LogP contribution < -0.4 is 27.2 Å². The lowest BCUT2D eigenvalue weighted by Crippen LogP contribution is -3.00. The van der Waals surface area contributed by atoms with Crippen LogP contribution in [0.5, 0.6) is 0 Å². The van der Waals surface area contributed by atoms with Crippen LogP contribution >= 0.6 is 27.5 Å². The van der Waals surface area contributed by atoms with Crippen molar-refractivity contribution in [3.63, 3.8) is 0 Å². The Bertz CT molecular complexity index is 1040. The van der Waals surface area contributed by atoms with E-state index in [1.807, 2.05) is 0 Å². The van der Waals surface area contributed by atoms with E-state index < -0.39 is 4.92 Å². The van der Waals surface area contributed by atoms with Gasteiger partial charge in [0, 0.05) is 22.1 Å². The summed E-state index contributed by atoms with van der Waals surface area (Å²) in [6.45, 7) is 1.87.